The molecule has 0 spiro atoms. The minimum atomic E-state index is -1.73. The summed E-state index contributed by atoms with van der Waals surface area (Å²) in [6.45, 7) is 1.38. The molecule has 2 heterocycles. The number of ether oxygens (including phenoxy) is 1. The van der Waals surface area contributed by atoms with Gasteiger partial charge in [-0.1, -0.05) is 23.2 Å². The number of carbonyl (C=O) groups excluding carboxylic acids is 2. The van der Waals surface area contributed by atoms with Gasteiger partial charge in [-0.05, 0) is 37.3 Å². The van der Waals surface area contributed by atoms with Crippen molar-refractivity contribution in [2.24, 2.45) is 0 Å². The van der Waals surface area contributed by atoms with Crippen molar-refractivity contribution in [1.29, 1.82) is 0 Å². The van der Waals surface area contributed by atoms with E-state index in [4.69, 9.17) is 27.9 Å². The highest BCUT2D eigenvalue weighted by Crippen LogP contribution is 2.35. The monoisotopic (exact) mass is 351 g/mol. The van der Waals surface area contributed by atoms with Crippen molar-refractivity contribution in [2.75, 3.05) is 10.6 Å². The number of nitrogens with zero attached hydrogens (tertiary/aromatic N) is 1. The average Bonchev–Trinajstić information content (AvgIpc) is 2.51. The highest BCUT2D eigenvalue weighted by Gasteiger charge is 2.47. The summed E-state index contributed by atoms with van der Waals surface area (Å²) < 4.78 is 5.61. The number of anilines is 2. The van der Waals surface area contributed by atoms with E-state index in [-0.39, 0.29) is 5.82 Å². The van der Waals surface area contributed by atoms with E-state index in [9.17, 15) is 9.59 Å². The number of fused-ring (bicyclic) bond motifs is 1. The van der Waals surface area contributed by atoms with Gasteiger partial charge in [0.25, 0.3) is 17.4 Å². The van der Waals surface area contributed by atoms with Crippen molar-refractivity contribution in [3.05, 3.63) is 46.6 Å². The van der Waals surface area contributed by atoms with Crippen molar-refractivity contribution < 1.29 is 14.3 Å². The van der Waals surface area contributed by atoms with Gasteiger partial charge in [0.05, 0.1) is 10.7 Å². The Morgan fingerprint density at radius 3 is 2.70 bits per heavy atom. The highest BCUT2D eigenvalue weighted by molar-refractivity contribution is 6.31. The minimum Gasteiger partial charge on any atom is -0.466 e. The van der Waals surface area contributed by atoms with E-state index in [2.05, 4.69) is 15.6 Å². The molecule has 3 rings (SSSR count). The van der Waals surface area contributed by atoms with Gasteiger partial charge in [0.1, 0.15) is 11.6 Å². The van der Waals surface area contributed by atoms with Crippen molar-refractivity contribution in [2.45, 2.75) is 12.5 Å². The van der Waals surface area contributed by atoms with Crippen LogP contribution in [0.5, 0.6) is 5.75 Å². The molecule has 0 bridgehead atoms. The molecule has 2 amide bonds. The predicted molar refractivity (Wildman–Crippen MR) is 87.0 cm³/mol. The fraction of sp³-hybridized carbons (Fsp3) is 0.133. The number of carbonyl (C=O) groups is 2. The predicted octanol–water partition coefficient (Wildman–Crippen LogP) is 3.12. The number of amides is 2. The van der Waals surface area contributed by atoms with Crippen LogP contribution in [-0.4, -0.2) is 22.4 Å². The van der Waals surface area contributed by atoms with Crippen LogP contribution in [0.4, 0.5) is 11.5 Å². The number of nitrogens with one attached hydrogen (secondary N) is 2. The first-order valence-electron chi connectivity index (χ1n) is 6.61. The first kappa shape index (κ1) is 15.6. The normalized spacial score (nSPS) is 19.3. The third kappa shape index (κ3) is 2.95. The van der Waals surface area contributed by atoms with E-state index in [1.165, 1.54) is 19.2 Å². The van der Waals surface area contributed by atoms with Crippen LogP contribution in [0.2, 0.25) is 10.0 Å². The fourth-order valence-corrected chi connectivity index (χ4v) is 2.32. The molecule has 2 N–H and O–H groups in total. The van der Waals surface area contributed by atoms with Crippen LogP contribution >= 0.6 is 23.2 Å². The number of pyridine rings is 1. The van der Waals surface area contributed by atoms with Crippen LogP contribution in [0.25, 0.3) is 0 Å². The molecule has 1 atom stereocenters. The molecule has 1 aliphatic heterocycles. The summed E-state index contributed by atoms with van der Waals surface area (Å²) in [6, 6.07) is 7.84. The molecule has 23 heavy (non-hydrogen) atoms. The van der Waals surface area contributed by atoms with Gasteiger partial charge < -0.3 is 15.4 Å². The Hall–Kier alpha value is -2.31. The van der Waals surface area contributed by atoms with Crippen molar-refractivity contribution in [3.8, 4) is 5.75 Å². The zero-order chi connectivity index (χ0) is 16.6. The Labute approximate surface area is 141 Å². The lowest BCUT2D eigenvalue weighted by molar-refractivity contribution is -0.143. The molecule has 0 saturated carbocycles. The standard InChI is InChI=1S/C15H11Cl2N3O3/c1-15(14(22)20-12-5-3-9(17)7-18-12)13(21)19-10-6-8(16)2-4-11(10)23-15/h2-7H,1H3,(H,19,21)(H,18,20,22). The summed E-state index contributed by atoms with van der Waals surface area (Å²) in [7, 11) is 0. The number of hydrogen-bond acceptors (Lipinski definition) is 4. The second-order valence-electron chi connectivity index (χ2n) is 5.05. The Morgan fingerprint density at radius 2 is 2.00 bits per heavy atom. The zero-order valence-corrected chi connectivity index (χ0v) is 13.4. The fourth-order valence-electron chi connectivity index (χ4n) is 2.03. The van der Waals surface area contributed by atoms with E-state index in [0.717, 1.165) is 0 Å². The van der Waals surface area contributed by atoms with Crippen molar-refractivity contribution in [3.63, 3.8) is 0 Å². The lowest BCUT2D eigenvalue weighted by atomic mass is 10.0. The van der Waals surface area contributed by atoms with E-state index >= 15 is 0 Å². The molecule has 1 aliphatic rings. The summed E-state index contributed by atoms with van der Waals surface area (Å²) in [5.74, 6) is -0.626. The van der Waals surface area contributed by atoms with Gasteiger partial charge in [0.2, 0.25) is 0 Å². The number of rotatable bonds is 2. The topological polar surface area (TPSA) is 80.3 Å². The van der Waals surface area contributed by atoms with E-state index in [0.29, 0.717) is 21.5 Å². The second-order valence-corrected chi connectivity index (χ2v) is 5.92. The van der Waals surface area contributed by atoms with Crippen LogP contribution < -0.4 is 15.4 Å². The molecule has 1 aromatic heterocycles. The van der Waals surface area contributed by atoms with Crippen LogP contribution in [0.1, 0.15) is 6.92 Å². The largest absolute Gasteiger partial charge is 0.466 e. The maximum absolute atomic E-state index is 12.5. The van der Waals surface area contributed by atoms with Crippen LogP contribution in [0.3, 0.4) is 0 Å². The van der Waals surface area contributed by atoms with Crippen molar-refractivity contribution >= 4 is 46.5 Å². The van der Waals surface area contributed by atoms with Gasteiger partial charge in [-0.25, -0.2) is 4.98 Å². The summed E-state index contributed by atoms with van der Waals surface area (Å²) in [4.78, 5) is 28.7. The van der Waals surface area contributed by atoms with E-state index in [1.54, 1.807) is 24.3 Å². The molecule has 8 heteroatoms. The summed E-state index contributed by atoms with van der Waals surface area (Å²) >= 11 is 11.6. The van der Waals surface area contributed by atoms with Crippen LogP contribution in [0, 0.1) is 0 Å². The number of benzene rings is 1. The summed E-state index contributed by atoms with van der Waals surface area (Å²) in [6.07, 6.45) is 1.39. The third-order valence-corrected chi connectivity index (χ3v) is 3.80. The number of hydrogen-bond donors (Lipinski definition) is 2. The zero-order valence-electron chi connectivity index (χ0n) is 11.9. The Kier molecular flexibility index (Phi) is 3.87. The van der Waals surface area contributed by atoms with E-state index < -0.39 is 17.4 Å². The van der Waals surface area contributed by atoms with Gasteiger partial charge in [-0.2, -0.15) is 0 Å². The minimum absolute atomic E-state index is 0.263. The Morgan fingerprint density at radius 1 is 1.26 bits per heavy atom. The van der Waals surface area contributed by atoms with Gasteiger partial charge in [0, 0.05) is 11.2 Å². The highest BCUT2D eigenvalue weighted by atomic mass is 35.5. The third-order valence-electron chi connectivity index (χ3n) is 3.34. The van der Waals surface area contributed by atoms with Crippen molar-refractivity contribution in [1.82, 2.24) is 4.98 Å². The lowest BCUT2D eigenvalue weighted by Gasteiger charge is -2.33. The van der Waals surface area contributed by atoms with Gasteiger partial charge >= 0.3 is 0 Å². The van der Waals surface area contributed by atoms with Crippen LogP contribution in [-0.2, 0) is 9.59 Å². The van der Waals surface area contributed by atoms with E-state index in [1.807, 2.05) is 0 Å². The maximum Gasteiger partial charge on any atom is 0.279 e. The molecule has 0 saturated heterocycles. The first-order valence-corrected chi connectivity index (χ1v) is 7.37. The summed E-state index contributed by atoms with van der Waals surface area (Å²) in [5.41, 5.74) is -1.32. The van der Waals surface area contributed by atoms with Crippen LogP contribution in [0.15, 0.2) is 36.5 Å². The molecule has 1 aromatic carbocycles. The molecule has 0 radical (unpaired) electrons. The quantitative estimate of drug-likeness (QED) is 0.814. The number of aromatic nitrogens is 1. The van der Waals surface area contributed by atoms with Gasteiger partial charge in [-0.3, -0.25) is 9.59 Å². The first-order chi connectivity index (χ1) is 10.9. The lowest BCUT2D eigenvalue weighted by Crippen LogP contribution is -2.56. The SMILES string of the molecule is CC1(C(=O)Nc2ccc(Cl)cn2)Oc2ccc(Cl)cc2NC1=O. The maximum atomic E-state index is 12.5. The molecule has 0 aliphatic carbocycles. The number of halogens is 2. The average molecular weight is 352 g/mol. The summed E-state index contributed by atoms with van der Waals surface area (Å²) in [5, 5.41) is 6.03. The molecule has 2 aromatic rings. The van der Waals surface area contributed by atoms with Gasteiger partial charge in [-0.15, -0.1) is 0 Å². The Balaban J connectivity index is 1.85. The molecule has 118 valence electrons. The molecule has 1 unspecified atom stereocenters. The molecular formula is C15H11Cl2N3O3. The smallest absolute Gasteiger partial charge is 0.279 e. The Bertz CT molecular complexity index is 795. The molecular weight excluding hydrogens is 341 g/mol. The molecule has 0 fully saturated rings. The van der Waals surface area contributed by atoms with Gasteiger partial charge in [0.15, 0.2) is 0 Å². The molecule has 6 nitrogen and oxygen atoms in total. The second kappa shape index (κ2) is 5.72.